The molecule has 0 aliphatic rings. The van der Waals surface area contributed by atoms with E-state index in [4.69, 9.17) is 0 Å². The summed E-state index contributed by atoms with van der Waals surface area (Å²) in [6.07, 6.45) is 1.50. The van der Waals surface area contributed by atoms with Crippen LogP contribution >= 0.6 is 0 Å². The zero-order chi connectivity index (χ0) is 14.3. The molecular weight excluding hydrogens is 240 g/mol. The van der Waals surface area contributed by atoms with Gasteiger partial charge in [0.05, 0.1) is 12.1 Å². The van der Waals surface area contributed by atoms with Gasteiger partial charge in [-0.3, -0.25) is 4.79 Å². The molecule has 0 spiro atoms. The number of rotatable bonds is 7. The first-order valence-corrected chi connectivity index (χ1v) is 6.72. The quantitative estimate of drug-likeness (QED) is 0.696. The molecule has 1 unspecified atom stereocenters. The number of hydrogen-bond acceptors (Lipinski definition) is 3. The number of nitrogens with one attached hydrogen (secondary N) is 2. The fourth-order valence-corrected chi connectivity index (χ4v) is 1.80. The molecule has 106 valence electrons. The van der Waals surface area contributed by atoms with Crippen molar-refractivity contribution in [2.45, 2.75) is 32.2 Å². The first-order chi connectivity index (χ1) is 9.06. The van der Waals surface area contributed by atoms with Gasteiger partial charge in [0.2, 0.25) is 0 Å². The Bertz CT molecular complexity index is 414. The van der Waals surface area contributed by atoms with E-state index in [0.717, 1.165) is 18.5 Å². The van der Waals surface area contributed by atoms with Gasteiger partial charge in [-0.25, -0.2) is 0 Å². The van der Waals surface area contributed by atoms with E-state index in [1.807, 2.05) is 45.2 Å². The van der Waals surface area contributed by atoms with Crippen molar-refractivity contribution in [1.29, 1.82) is 0 Å². The molecule has 0 bridgehead atoms. The molecule has 3 N–H and O–H groups in total. The topological polar surface area (TPSA) is 61.4 Å². The molecular formula is C15H24N2O2. The van der Waals surface area contributed by atoms with Gasteiger partial charge in [0, 0.05) is 5.56 Å². The van der Waals surface area contributed by atoms with E-state index in [1.165, 1.54) is 0 Å². The number of aliphatic hydroxyl groups excluding tert-OH is 1. The van der Waals surface area contributed by atoms with E-state index in [1.54, 1.807) is 0 Å². The van der Waals surface area contributed by atoms with Crippen molar-refractivity contribution >= 4 is 5.91 Å². The number of likely N-dealkylation sites (N-methyl/N-ethyl adjacent to an activating group) is 1. The molecule has 0 heterocycles. The van der Waals surface area contributed by atoms with Gasteiger partial charge in [0.1, 0.15) is 0 Å². The number of carbonyl (C=O) groups is 1. The molecule has 4 heteroatoms. The van der Waals surface area contributed by atoms with Gasteiger partial charge in [-0.05, 0) is 45.0 Å². The summed E-state index contributed by atoms with van der Waals surface area (Å²) in [5.41, 5.74) is 1.14. The average Bonchev–Trinajstić information content (AvgIpc) is 2.45. The number of amides is 1. The zero-order valence-electron chi connectivity index (χ0n) is 12.0. The molecule has 0 saturated heterocycles. The lowest BCUT2D eigenvalue weighted by atomic mass is 9.98. The third-order valence-corrected chi connectivity index (χ3v) is 3.45. The maximum atomic E-state index is 12.3. The molecule has 0 aliphatic carbocycles. The summed E-state index contributed by atoms with van der Waals surface area (Å²) >= 11 is 0. The molecule has 19 heavy (non-hydrogen) atoms. The largest absolute Gasteiger partial charge is 0.394 e. The van der Waals surface area contributed by atoms with E-state index >= 15 is 0 Å². The highest BCUT2D eigenvalue weighted by Gasteiger charge is 2.24. The lowest BCUT2D eigenvalue weighted by Crippen LogP contribution is -2.48. The van der Waals surface area contributed by atoms with Gasteiger partial charge in [0.15, 0.2) is 0 Å². The van der Waals surface area contributed by atoms with Gasteiger partial charge >= 0.3 is 0 Å². The highest BCUT2D eigenvalue weighted by atomic mass is 16.3. The van der Waals surface area contributed by atoms with E-state index in [-0.39, 0.29) is 12.5 Å². The molecule has 1 atom stereocenters. The van der Waals surface area contributed by atoms with Gasteiger partial charge in [-0.2, -0.15) is 0 Å². The summed E-state index contributed by atoms with van der Waals surface area (Å²) in [5, 5.41) is 15.4. The number of aliphatic hydroxyl groups is 1. The summed E-state index contributed by atoms with van der Waals surface area (Å²) in [5.74, 6) is -0.120. The van der Waals surface area contributed by atoms with Crippen LogP contribution in [0.4, 0.5) is 0 Å². The Balaban J connectivity index is 2.87. The van der Waals surface area contributed by atoms with Crippen LogP contribution < -0.4 is 10.6 Å². The average molecular weight is 264 g/mol. The minimum atomic E-state index is -0.562. The van der Waals surface area contributed by atoms with Crippen LogP contribution in [0.15, 0.2) is 24.3 Å². The Morgan fingerprint density at radius 1 is 1.37 bits per heavy atom. The lowest BCUT2D eigenvalue weighted by Gasteiger charge is -2.27. The van der Waals surface area contributed by atoms with Crippen LogP contribution in [0.1, 0.15) is 36.2 Å². The lowest BCUT2D eigenvalue weighted by molar-refractivity contribution is 0.0846. The Morgan fingerprint density at radius 2 is 2.05 bits per heavy atom. The minimum Gasteiger partial charge on any atom is -0.394 e. The van der Waals surface area contributed by atoms with Crippen molar-refractivity contribution in [3.8, 4) is 0 Å². The third kappa shape index (κ3) is 4.33. The summed E-state index contributed by atoms with van der Waals surface area (Å²) in [6, 6.07) is 7.59. The highest BCUT2D eigenvalue weighted by molar-refractivity contribution is 5.96. The van der Waals surface area contributed by atoms with E-state index < -0.39 is 5.54 Å². The van der Waals surface area contributed by atoms with Crippen LogP contribution in [0.3, 0.4) is 0 Å². The SMILES string of the molecule is CCC(C)(CO)NC(=O)c1ccccc1CCNC. The van der Waals surface area contributed by atoms with Gasteiger partial charge in [0.25, 0.3) is 5.91 Å². The fraction of sp³-hybridized carbons (Fsp3) is 0.533. The van der Waals surface area contributed by atoms with Crippen molar-refractivity contribution in [1.82, 2.24) is 10.6 Å². The van der Waals surface area contributed by atoms with Crippen molar-refractivity contribution < 1.29 is 9.90 Å². The van der Waals surface area contributed by atoms with Crippen LogP contribution in [0.5, 0.6) is 0 Å². The summed E-state index contributed by atoms with van der Waals surface area (Å²) < 4.78 is 0. The van der Waals surface area contributed by atoms with Crippen molar-refractivity contribution in [2.24, 2.45) is 0 Å². The normalized spacial score (nSPS) is 13.9. The Morgan fingerprint density at radius 3 is 2.63 bits per heavy atom. The minimum absolute atomic E-state index is 0.0616. The first-order valence-electron chi connectivity index (χ1n) is 6.72. The molecule has 0 radical (unpaired) electrons. The zero-order valence-corrected chi connectivity index (χ0v) is 12.0. The Labute approximate surface area is 115 Å². The molecule has 1 aromatic rings. The molecule has 0 saturated carbocycles. The second kappa shape index (κ2) is 7.26. The number of carbonyl (C=O) groups excluding carboxylic acids is 1. The van der Waals surface area contributed by atoms with Crippen LogP contribution in [0.25, 0.3) is 0 Å². The third-order valence-electron chi connectivity index (χ3n) is 3.45. The molecule has 0 fully saturated rings. The maximum Gasteiger partial charge on any atom is 0.252 e. The van der Waals surface area contributed by atoms with Crippen molar-refractivity contribution in [3.63, 3.8) is 0 Å². The highest BCUT2D eigenvalue weighted by Crippen LogP contribution is 2.13. The number of hydrogen-bond donors (Lipinski definition) is 3. The van der Waals surface area contributed by atoms with E-state index in [0.29, 0.717) is 12.0 Å². The molecule has 4 nitrogen and oxygen atoms in total. The molecule has 1 amide bonds. The van der Waals surface area contributed by atoms with E-state index in [2.05, 4.69) is 10.6 Å². The van der Waals surface area contributed by atoms with Crippen LogP contribution in [-0.2, 0) is 6.42 Å². The van der Waals surface area contributed by atoms with Crippen molar-refractivity contribution in [2.75, 3.05) is 20.2 Å². The van der Waals surface area contributed by atoms with Gasteiger partial charge < -0.3 is 15.7 Å². The van der Waals surface area contributed by atoms with E-state index in [9.17, 15) is 9.90 Å². The Kier molecular flexibility index (Phi) is 5.99. The van der Waals surface area contributed by atoms with Crippen LogP contribution in [0, 0.1) is 0 Å². The van der Waals surface area contributed by atoms with Crippen LogP contribution in [-0.4, -0.2) is 36.8 Å². The fourth-order valence-electron chi connectivity index (χ4n) is 1.80. The molecule has 0 aromatic heterocycles. The Hall–Kier alpha value is -1.39. The molecule has 0 aliphatic heterocycles. The summed E-state index contributed by atoms with van der Waals surface area (Å²) in [4.78, 5) is 12.3. The first kappa shape index (κ1) is 15.7. The molecule has 1 rings (SSSR count). The summed E-state index contributed by atoms with van der Waals surface area (Å²) in [7, 11) is 1.89. The summed E-state index contributed by atoms with van der Waals surface area (Å²) in [6.45, 7) is 4.56. The van der Waals surface area contributed by atoms with Gasteiger partial charge in [-0.1, -0.05) is 25.1 Å². The maximum absolute atomic E-state index is 12.3. The standard InChI is InChI=1S/C15H24N2O2/c1-4-15(2,11-18)17-14(19)13-8-6-5-7-12(13)9-10-16-3/h5-8,16,18H,4,9-11H2,1-3H3,(H,17,19). The smallest absolute Gasteiger partial charge is 0.252 e. The second-order valence-corrected chi connectivity index (χ2v) is 5.04. The van der Waals surface area contributed by atoms with Crippen LogP contribution in [0.2, 0.25) is 0 Å². The van der Waals surface area contributed by atoms with Gasteiger partial charge in [-0.15, -0.1) is 0 Å². The second-order valence-electron chi connectivity index (χ2n) is 5.04. The predicted molar refractivity (Wildman–Crippen MR) is 77.3 cm³/mol. The number of benzene rings is 1. The molecule has 1 aromatic carbocycles. The predicted octanol–water partition coefficient (Wildman–Crippen LogP) is 1.34. The monoisotopic (exact) mass is 264 g/mol. The van der Waals surface area contributed by atoms with Crippen molar-refractivity contribution in [3.05, 3.63) is 35.4 Å².